The fraction of sp³-hybridized carbons (Fsp3) is 0.556. The lowest BCUT2D eigenvalue weighted by Gasteiger charge is -2.23. The summed E-state index contributed by atoms with van der Waals surface area (Å²) in [4.78, 5) is 80.4. The molecule has 0 aliphatic heterocycles. The van der Waals surface area contributed by atoms with Gasteiger partial charge in [0.05, 0.1) is 16.5 Å². The van der Waals surface area contributed by atoms with Crippen LogP contribution in [0.4, 0.5) is 9.59 Å². The number of alkyl carbamates (subject to hydrolysis) is 2. The Kier molecular flexibility index (Phi) is 17.9. The maximum Gasteiger partial charge on any atom is 0.408 e. The number of tetrazole rings is 2. The lowest BCUT2D eigenvalue weighted by molar-refractivity contribution is -0.713. The number of nitrogens with one attached hydrogen (secondary N) is 6. The van der Waals surface area contributed by atoms with E-state index in [2.05, 4.69) is 64.8 Å². The number of aromatic amines is 2. The molecule has 0 spiro atoms. The normalized spacial score (nSPS) is 14.6. The summed E-state index contributed by atoms with van der Waals surface area (Å²) >= 11 is 14.3. The van der Waals surface area contributed by atoms with E-state index in [-0.39, 0.29) is 59.8 Å². The maximum atomic E-state index is 14.7. The zero-order valence-corrected chi connectivity index (χ0v) is 42.2. The van der Waals surface area contributed by atoms with E-state index < -0.39 is 91.8 Å². The number of hydrogen-bond acceptors (Lipinski definition) is 17. The number of amides is 6. The van der Waals surface area contributed by atoms with E-state index in [4.69, 9.17) is 32.7 Å². The first kappa shape index (κ1) is 53.5. The fourth-order valence-corrected chi connectivity index (χ4v) is 11.7. The van der Waals surface area contributed by atoms with Gasteiger partial charge in [-0.3, -0.25) is 28.6 Å². The molecule has 0 aliphatic carbocycles. The van der Waals surface area contributed by atoms with E-state index in [0.29, 0.717) is 11.3 Å². The molecule has 4 aromatic heterocycles. The fourth-order valence-electron chi connectivity index (χ4n) is 5.32. The van der Waals surface area contributed by atoms with Crippen molar-refractivity contribution in [3.63, 3.8) is 0 Å². The number of halogens is 2. The minimum atomic E-state index is -4.24. The van der Waals surface area contributed by atoms with Crippen molar-refractivity contribution in [2.75, 3.05) is 0 Å². The Bertz CT molecular complexity index is 2670. The third kappa shape index (κ3) is 16.3. The molecule has 4 aromatic rings. The average molecular weight is 1040 g/mol. The highest BCUT2D eigenvalue weighted by atomic mass is 35.5. The van der Waals surface area contributed by atoms with Gasteiger partial charge in [0.15, 0.2) is 25.7 Å². The molecule has 362 valence electrons. The van der Waals surface area contributed by atoms with E-state index in [9.17, 15) is 37.2 Å². The second kappa shape index (κ2) is 22.1. The van der Waals surface area contributed by atoms with Gasteiger partial charge >= 0.3 is 18.0 Å². The van der Waals surface area contributed by atoms with Gasteiger partial charge in [-0.1, -0.05) is 67.4 Å². The molecule has 6 amide bonds. The molecule has 30 heteroatoms. The monoisotopic (exact) mass is 1040 g/mol. The molecule has 0 saturated heterocycles. The van der Waals surface area contributed by atoms with E-state index in [1.807, 2.05) is 0 Å². The van der Waals surface area contributed by atoms with Crippen LogP contribution in [0.3, 0.4) is 0 Å². The lowest BCUT2D eigenvalue weighted by atomic mass is 10.0. The van der Waals surface area contributed by atoms with Crippen molar-refractivity contribution in [2.45, 2.75) is 127 Å². The van der Waals surface area contributed by atoms with Gasteiger partial charge in [-0.2, -0.15) is 5.21 Å². The predicted molar refractivity (Wildman–Crippen MR) is 241 cm³/mol. The van der Waals surface area contributed by atoms with Crippen molar-refractivity contribution in [1.82, 2.24) is 56.1 Å². The number of carbonyl (C=O) groups excluding carboxylic acids is 6. The summed E-state index contributed by atoms with van der Waals surface area (Å²) in [5, 5.41) is 30.2. The zero-order chi connectivity index (χ0) is 49.4. The van der Waals surface area contributed by atoms with Crippen molar-refractivity contribution >= 4 is 102 Å². The van der Waals surface area contributed by atoms with Crippen LogP contribution in [-0.2, 0) is 61.3 Å². The number of nitrogens with zero attached hydrogens (tertiary/aromatic N) is 8. The van der Waals surface area contributed by atoms with Crippen LogP contribution in [0.1, 0.15) is 93.7 Å². The first-order valence-corrected chi connectivity index (χ1v) is 25.3. The highest BCUT2D eigenvalue weighted by Gasteiger charge is 2.33. The Hall–Kier alpha value is -5.16. The summed E-state index contributed by atoms with van der Waals surface area (Å²) in [6, 6.07) is -0.153. The molecule has 4 atom stereocenters. The number of hydrogen-bond donors (Lipinski definition) is 6. The van der Waals surface area contributed by atoms with Crippen LogP contribution in [0.25, 0.3) is 5.00 Å². The zero-order valence-electron chi connectivity index (χ0n) is 37.4. The highest BCUT2D eigenvalue weighted by Crippen LogP contribution is 2.31. The quantitative estimate of drug-likeness (QED) is 0.0809. The molecule has 6 N–H and O–H groups in total. The Morgan fingerprint density at radius 1 is 0.773 bits per heavy atom. The molecule has 24 nitrogen and oxygen atoms in total. The molecule has 0 aliphatic rings. The average Bonchev–Trinajstić information content (AvgIpc) is 3.98. The Morgan fingerprint density at radius 3 is 1.71 bits per heavy atom. The van der Waals surface area contributed by atoms with Crippen LogP contribution in [0.2, 0.25) is 10.0 Å². The van der Waals surface area contributed by atoms with E-state index in [0.717, 1.165) is 16.1 Å². The van der Waals surface area contributed by atoms with Crippen molar-refractivity contribution in [3.8, 4) is 5.00 Å². The molecular formula is C36H51Cl2N14O10S4+. The van der Waals surface area contributed by atoms with E-state index in [1.54, 1.807) is 69.2 Å². The Morgan fingerprint density at radius 2 is 1.27 bits per heavy atom. The summed E-state index contributed by atoms with van der Waals surface area (Å²) in [7, 11) is -8.31. The standard InChI is InChI=1S/C36H50Cl2N14O10S4/c1-18(2)11-22(39-33(57)61-35(5,6)7)30(55)47-65(59,28-13-20(37)17-63-28)45-27(54)16-25-43-51-52(44-25)32-21(38)14-29(64-32)66(60,46-26(53)15-24-41-49-50-42-24)48-31(56)23(12-19(3)4)40-34(58)62-36(8,9)10/h13-14,17-19,22-23H,11-12,15-16H2,1-10H3,(H5,39,40,41,42,45,46,47,48,49,50,53,54,55,56,57,58,59,60)/p+1/t22-,23-,65?,66?/m0/s1. The number of ether oxygens (including phenoxy) is 2. The predicted octanol–water partition coefficient (Wildman–Crippen LogP) is 4.16. The van der Waals surface area contributed by atoms with Crippen molar-refractivity contribution in [3.05, 3.63) is 39.2 Å². The second-order valence-corrected chi connectivity index (χ2v) is 24.2. The summed E-state index contributed by atoms with van der Waals surface area (Å²) < 4.78 is 51.9. The molecule has 0 radical (unpaired) electrons. The SMILES string of the molecule is CC(C)C[C@H](NC(=O)OC(C)(C)C)C(=O)N=S(=O)(NC(=O)Cc1n[nH][n+](-c2sc(S(=O)(=NC(=O)[C@H](CC(C)C)NC(=O)OC(C)(C)C)NC(=O)Cc3nn[nH]n3)cc2Cl)n1)c1cc(Cl)cs1. The molecule has 66 heavy (non-hydrogen) atoms. The van der Waals surface area contributed by atoms with Crippen LogP contribution in [0.15, 0.2) is 34.7 Å². The van der Waals surface area contributed by atoms with Gasteiger partial charge in [-0.15, -0.1) is 30.3 Å². The molecule has 4 heterocycles. The van der Waals surface area contributed by atoms with E-state index >= 15 is 0 Å². The van der Waals surface area contributed by atoms with Gasteiger partial charge in [-0.25, -0.2) is 18.0 Å². The molecule has 4 rings (SSSR count). The molecule has 0 saturated carbocycles. The number of rotatable bonds is 17. The van der Waals surface area contributed by atoms with Crippen molar-refractivity contribution in [1.29, 1.82) is 0 Å². The lowest BCUT2D eigenvalue weighted by Crippen LogP contribution is -2.44. The van der Waals surface area contributed by atoms with Gasteiger partial charge in [0.1, 0.15) is 43.1 Å². The number of H-pyrrole nitrogens is 2. The molecule has 0 fully saturated rings. The van der Waals surface area contributed by atoms with Gasteiger partial charge in [-0.05, 0) is 93.5 Å². The Labute approximate surface area is 398 Å². The summed E-state index contributed by atoms with van der Waals surface area (Å²) in [5.41, 5.74) is -1.79. The first-order valence-electron chi connectivity index (χ1n) is 19.8. The largest absolute Gasteiger partial charge is 0.444 e. The number of carbonyl (C=O) groups is 6. The maximum absolute atomic E-state index is 14.7. The molecule has 0 bridgehead atoms. The molecule has 2 unspecified atom stereocenters. The van der Waals surface area contributed by atoms with Crippen molar-refractivity contribution < 1.29 is 51.5 Å². The Balaban J connectivity index is 1.66. The second-order valence-electron chi connectivity index (χ2n) is 17.1. The number of thiophene rings is 2. The summed E-state index contributed by atoms with van der Waals surface area (Å²) in [6.45, 7) is 17.0. The highest BCUT2D eigenvalue weighted by molar-refractivity contribution is 7.95. The van der Waals surface area contributed by atoms with Gasteiger partial charge in [0.25, 0.3) is 16.8 Å². The van der Waals surface area contributed by atoms with Crippen LogP contribution in [-0.4, -0.2) is 104 Å². The number of aromatic nitrogens is 8. The van der Waals surface area contributed by atoms with Crippen LogP contribution < -0.4 is 24.9 Å². The minimum absolute atomic E-state index is 0.00512. The van der Waals surface area contributed by atoms with Crippen LogP contribution in [0, 0.1) is 11.8 Å². The molecule has 0 aromatic carbocycles. The smallest absolute Gasteiger partial charge is 0.408 e. The summed E-state index contributed by atoms with van der Waals surface area (Å²) in [6.07, 6.45) is -2.85. The van der Waals surface area contributed by atoms with Gasteiger partial charge in [0.2, 0.25) is 11.8 Å². The third-order valence-electron chi connectivity index (χ3n) is 7.78. The topological polar surface area (TPSA) is 328 Å². The van der Waals surface area contributed by atoms with Crippen LogP contribution >= 0.6 is 45.9 Å². The minimum Gasteiger partial charge on any atom is -0.444 e. The van der Waals surface area contributed by atoms with Gasteiger partial charge in [0, 0.05) is 5.38 Å². The van der Waals surface area contributed by atoms with Crippen molar-refractivity contribution in [2.24, 2.45) is 20.6 Å². The van der Waals surface area contributed by atoms with Gasteiger partial charge < -0.3 is 20.1 Å². The first-order chi connectivity index (χ1) is 30.5. The summed E-state index contributed by atoms with van der Waals surface area (Å²) in [5.74, 6) is -4.49. The molecular weight excluding hydrogens is 988 g/mol. The van der Waals surface area contributed by atoms with E-state index in [1.165, 1.54) is 17.5 Å². The van der Waals surface area contributed by atoms with Crippen LogP contribution in [0.5, 0.6) is 0 Å². The third-order valence-corrected chi connectivity index (χ3v) is 15.3.